The normalized spacial score (nSPS) is 19.8. The van der Waals surface area contributed by atoms with Crippen LogP contribution in [0.3, 0.4) is 0 Å². The molecule has 21 heavy (non-hydrogen) atoms. The Hall–Kier alpha value is -1.93. The first-order chi connectivity index (χ1) is 10.1. The summed E-state index contributed by atoms with van der Waals surface area (Å²) in [6.07, 6.45) is 5.27. The van der Waals surface area contributed by atoms with Crippen LogP contribution in [0.4, 0.5) is 0 Å². The lowest BCUT2D eigenvalue weighted by atomic mass is 10.3. The molecule has 0 radical (unpaired) electrons. The standard InChI is InChI=1S/C13H16N4O3S/c1-16-13(4-7-15-16)21(18,19)17-8-5-12(10-17)20-11-3-2-6-14-9-11/h2-4,6-7,9,12H,5,8,10H2,1H3/t12-/m0/s1. The number of aryl methyl sites for hydroxylation is 1. The zero-order valence-electron chi connectivity index (χ0n) is 11.6. The molecule has 0 bridgehead atoms. The molecule has 0 saturated carbocycles. The molecule has 0 unspecified atom stereocenters. The number of hydrogen-bond acceptors (Lipinski definition) is 5. The van der Waals surface area contributed by atoms with Crippen LogP contribution < -0.4 is 4.74 Å². The van der Waals surface area contributed by atoms with E-state index in [1.165, 1.54) is 21.3 Å². The summed E-state index contributed by atoms with van der Waals surface area (Å²) >= 11 is 0. The van der Waals surface area contributed by atoms with Crippen molar-refractivity contribution < 1.29 is 13.2 Å². The molecule has 0 N–H and O–H groups in total. The predicted octanol–water partition coefficient (Wildman–Crippen LogP) is 0.657. The van der Waals surface area contributed by atoms with E-state index < -0.39 is 10.0 Å². The molecule has 0 aliphatic carbocycles. The summed E-state index contributed by atoms with van der Waals surface area (Å²) in [4.78, 5) is 3.98. The third kappa shape index (κ3) is 2.77. The van der Waals surface area contributed by atoms with Gasteiger partial charge < -0.3 is 4.74 Å². The van der Waals surface area contributed by atoms with Crippen molar-refractivity contribution in [3.63, 3.8) is 0 Å². The summed E-state index contributed by atoms with van der Waals surface area (Å²) in [5, 5.41) is 4.11. The summed E-state index contributed by atoms with van der Waals surface area (Å²) in [7, 11) is -1.90. The van der Waals surface area contributed by atoms with E-state index in [-0.39, 0.29) is 11.1 Å². The lowest BCUT2D eigenvalue weighted by Gasteiger charge is -2.17. The van der Waals surface area contributed by atoms with E-state index in [4.69, 9.17) is 4.74 Å². The van der Waals surface area contributed by atoms with Gasteiger partial charge in [0.2, 0.25) is 0 Å². The Bertz CT molecular complexity index is 714. The molecule has 7 nitrogen and oxygen atoms in total. The highest BCUT2D eigenvalue weighted by Crippen LogP contribution is 2.23. The maximum absolute atomic E-state index is 12.5. The van der Waals surface area contributed by atoms with Gasteiger partial charge in [-0.2, -0.15) is 9.40 Å². The molecule has 0 aromatic carbocycles. The average Bonchev–Trinajstić information content (AvgIpc) is 3.09. The van der Waals surface area contributed by atoms with Crippen LogP contribution in [0, 0.1) is 0 Å². The monoisotopic (exact) mass is 308 g/mol. The number of sulfonamides is 1. The third-order valence-electron chi connectivity index (χ3n) is 3.43. The van der Waals surface area contributed by atoms with E-state index in [1.54, 1.807) is 25.5 Å². The van der Waals surface area contributed by atoms with Crippen LogP contribution >= 0.6 is 0 Å². The van der Waals surface area contributed by atoms with Gasteiger partial charge in [0.05, 0.1) is 18.9 Å². The van der Waals surface area contributed by atoms with Crippen LogP contribution in [0.5, 0.6) is 5.75 Å². The minimum absolute atomic E-state index is 0.155. The second-order valence-electron chi connectivity index (χ2n) is 4.87. The van der Waals surface area contributed by atoms with Crippen LogP contribution in [0.1, 0.15) is 6.42 Å². The topological polar surface area (TPSA) is 77.3 Å². The second-order valence-corrected chi connectivity index (χ2v) is 6.76. The first kappa shape index (κ1) is 14.0. The van der Waals surface area contributed by atoms with Gasteiger partial charge in [-0.25, -0.2) is 8.42 Å². The first-order valence-electron chi connectivity index (χ1n) is 6.62. The van der Waals surface area contributed by atoms with Crippen LogP contribution in [0.2, 0.25) is 0 Å². The van der Waals surface area contributed by atoms with Gasteiger partial charge in [-0.15, -0.1) is 0 Å². The van der Waals surface area contributed by atoms with Crippen LogP contribution in [-0.2, 0) is 17.1 Å². The fourth-order valence-corrected chi connectivity index (χ4v) is 3.96. The van der Waals surface area contributed by atoms with Gasteiger partial charge >= 0.3 is 0 Å². The van der Waals surface area contributed by atoms with Crippen molar-refractivity contribution in [3.8, 4) is 5.75 Å². The Labute approximate surface area is 123 Å². The quantitative estimate of drug-likeness (QED) is 0.829. The summed E-state index contributed by atoms with van der Waals surface area (Å²) in [6.45, 7) is 0.779. The number of pyridine rings is 1. The molecule has 1 aliphatic heterocycles. The van der Waals surface area contributed by atoms with Crippen LogP contribution in [0.15, 0.2) is 41.8 Å². The molecule has 2 aromatic rings. The third-order valence-corrected chi connectivity index (χ3v) is 5.37. The number of rotatable bonds is 4. The van der Waals surface area contributed by atoms with E-state index in [1.807, 2.05) is 6.07 Å². The average molecular weight is 308 g/mol. The zero-order chi connectivity index (χ0) is 14.9. The van der Waals surface area contributed by atoms with E-state index in [9.17, 15) is 8.42 Å². The van der Waals surface area contributed by atoms with Gasteiger partial charge in [0.15, 0.2) is 5.03 Å². The molecule has 3 heterocycles. The summed E-state index contributed by atoms with van der Waals surface area (Å²) in [5.74, 6) is 0.655. The van der Waals surface area contributed by atoms with E-state index >= 15 is 0 Å². The largest absolute Gasteiger partial charge is 0.487 e. The molecule has 1 fully saturated rings. The van der Waals surface area contributed by atoms with Gasteiger partial charge in [0.25, 0.3) is 10.0 Å². The molecule has 1 saturated heterocycles. The Balaban J connectivity index is 1.71. The van der Waals surface area contributed by atoms with Crippen molar-refractivity contribution in [2.45, 2.75) is 17.6 Å². The lowest BCUT2D eigenvalue weighted by Crippen LogP contribution is -2.32. The fraction of sp³-hybridized carbons (Fsp3) is 0.385. The summed E-state index contributed by atoms with van der Waals surface area (Å²) < 4.78 is 33.6. The highest BCUT2D eigenvalue weighted by atomic mass is 32.2. The second kappa shape index (κ2) is 5.45. The maximum atomic E-state index is 12.5. The molecule has 3 rings (SSSR count). The molecular formula is C13H16N4O3S. The molecule has 0 amide bonds. The number of nitrogens with zero attached hydrogens (tertiary/aromatic N) is 4. The fourth-order valence-electron chi connectivity index (χ4n) is 2.37. The summed E-state index contributed by atoms with van der Waals surface area (Å²) in [5.41, 5.74) is 0. The van der Waals surface area contributed by atoms with Gasteiger partial charge in [-0.05, 0) is 24.6 Å². The Morgan fingerprint density at radius 2 is 2.19 bits per heavy atom. The van der Waals surface area contributed by atoms with Gasteiger partial charge in [0.1, 0.15) is 11.9 Å². The van der Waals surface area contributed by atoms with E-state index in [2.05, 4.69) is 10.1 Å². The predicted molar refractivity (Wildman–Crippen MR) is 75.2 cm³/mol. The molecule has 1 atom stereocenters. The molecule has 1 aliphatic rings. The Kier molecular flexibility index (Phi) is 3.64. The van der Waals surface area contributed by atoms with Crippen LogP contribution in [-0.4, -0.2) is 46.7 Å². The Morgan fingerprint density at radius 3 is 2.86 bits per heavy atom. The Morgan fingerprint density at radius 1 is 1.33 bits per heavy atom. The van der Waals surface area contributed by atoms with Crippen molar-refractivity contribution in [2.75, 3.05) is 13.1 Å². The number of hydrogen-bond donors (Lipinski definition) is 0. The van der Waals surface area contributed by atoms with Gasteiger partial charge in [-0.1, -0.05) is 0 Å². The summed E-state index contributed by atoms with van der Waals surface area (Å²) in [6, 6.07) is 5.10. The highest BCUT2D eigenvalue weighted by molar-refractivity contribution is 7.89. The van der Waals surface area contributed by atoms with Crippen molar-refractivity contribution in [1.82, 2.24) is 19.1 Å². The number of ether oxygens (including phenoxy) is 1. The van der Waals surface area contributed by atoms with Crippen molar-refractivity contribution in [3.05, 3.63) is 36.8 Å². The van der Waals surface area contributed by atoms with Crippen molar-refractivity contribution >= 4 is 10.0 Å². The maximum Gasteiger partial charge on any atom is 0.260 e. The molecule has 0 spiro atoms. The molecule has 8 heteroatoms. The van der Waals surface area contributed by atoms with Crippen molar-refractivity contribution in [1.29, 1.82) is 0 Å². The van der Waals surface area contributed by atoms with Gasteiger partial charge in [0, 0.05) is 19.8 Å². The minimum atomic E-state index is -3.51. The molecule has 112 valence electrons. The van der Waals surface area contributed by atoms with Crippen molar-refractivity contribution in [2.24, 2.45) is 7.05 Å². The zero-order valence-corrected chi connectivity index (χ0v) is 12.4. The lowest BCUT2D eigenvalue weighted by molar-refractivity contribution is 0.214. The van der Waals surface area contributed by atoms with E-state index in [0.29, 0.717) is 25.3 Å². The molecule has 2 aromatic heterocycles. The first-order valence-corrected chi connectivity index (χ1v) is 8.06. The van der Waals surface area contributed by atoms with Gasteiger partial charge in [-0.3, -0.25) is 9.67 Å². The molecular weight excluding hydrogens is 292 g/mol. The van der Waals surface area contributed by atoms with Crippen LogP contribution in [0.25, 0.3) is 0 Å². The number of aromatic nitrogens is 3. The smallest absolute Gasteiger partial charge is 0.260 e. The minimum Gasteiger partial charge on any atom is -0.487 e. The SMILES string of the molecule is Cn1nccc1S(=O)(=O)N1CC[C@H](Oc2cccnc2)C1. The van der Waals surface area contributed by atoms with E-state index in [0.717, 1.165) is 0 Å². The highest BCUT2D eigenvalue weighted by Gasteiger charge is 2.35.